The van der Waals surface area contributed by atoms with Gasteiger partial charge in [0.15, 0.2) is 0 Å². The average molecular weight is 300 g/mol. The highest BCUT2D eigenvalue weighted by atomic mass is 16.5. The van der Waals surface area contributed by atoms with Gasteiger partial charge in [-0.15, -0.1) is 0 Å². The zero-order chi connectivity index (χ0) is 15.8. The number of anilines is 1. The van der Waals surface area contributed by atoms with Crippen LogP contribution in [-0.2, 0) is 4.74 Å². The largest absolute Gasteiger partial charge is 0.381 e. The fourth-order valence-electron chi connectivity index (χ4n) is 2.14. The number of nitrogens with one attached hydrogen (secondary N) is 2. The monoisotopic (exact) mass is 300 g/mol. The molecule has 2 rings (SSSR count). The standard InChI is InChI=1S/C18H24N2O2/c1-14(2)13-22-11-5-10-19-18(21)20-17-9-8-15-6-3-4-7-16(15)12-17/h3-4,6-9,12,14H,5,10-11,13H2,1-2H3,(H2,19,20,21). The molecule has 0 unspecified atom stereocenters. The fourth-order valence-corrected chi connectivity index (χ4v) is 2.14. The molecule has 0 fully saturated rings. The molecule has 0 aliphatic carbocycles. The highest BCUT2D eigenvalue weighted by Gasteiger charge is 2.02. The van der Waals surface area contributed by atoms with E-state index in [1.54, 1.807) is 0 Å². The highest BCUT2D eigenvalue weighted by molar-refractivity contribution is 5.93. The van der Waals surface area contributed by atoms with E-state index in [9.17, 15) is 4.79 Å². The predicted octanol–water partition coefficient (Wildman–Crippen LogP) is 4.02. The molecule has 0 bridgehead atoms. The van der Waals surface area contributed by atoms with Gasteiger partial charge >= 0.3 is 6.03 Å². The lowest BCUT2D eigenvalue weighted by molar-refractivity contribution is 0.108. The van der Waals surface area contributed by atoms with Crippen molar-refractivity contribution in [2.24, 2.45) is 5.92 Å². The minimum Gasteiger partial charge on any atom is -0.381 e. The normalized spacial score (nSPS) is 10.9. The molecule has 0 spiro atoms. The Hall–Kier alpha value is -2.07. The van der Waals surface area contributed by atoms with Crippen molar-refractivity contribution >= 4 is 22.5 Å². The Morgan fingerprint density at radius 1 is 1.14 bits per heavy atom. The number of rotatable bonds is 7. The molecular formula is C18H24N2O2. The average Bonchev–Trinajstić information content (AvgIpc) is 2.50. The third-order valence-electron chi connectivity index (χ3n) is 3.21. The van der Waals surface area contributed by atoms with Gasteiger partial charge in [-0.05, 0) is 35.2 Å². The molecule has 2 N–H and O–H groups in total. The second kappa shape index (κ2) is 8.39. The lowest BCUT2D eigenvalue weighted by atomic mass is 10.1. The summed E-state index contributed by atoms with van der Waals surface area (Å²) >= 11 is 0. The Bertz CT molecular complexity index is 611. The molecule has 0 heterocycles. The molecule has 0 radical (unpaired) electrons. The maximum Gasteiger partial charge on any atom is 0.319 e. The van der Waals surface area contributed by atoms with E-state index in [0.29, 0.717) is 19.1 Å². The van der Waals surface area contributed by atoms with Gasteiger partial charge in [-0.1, -0.05) is 44.2 Å². The number of amides is 2. The van der Waals surface area contributed by atoms with Crippen molar-refractivity contribution in [3.05, 3.63) is 42.5 Å². The van der Waals surface area contributed by atoms with Gasteiger partial charge in [-0.25, -0.2) is 4.79 Å². The van der Waals surface area contributed by atoms with Crippen LogP contribution < -0.4 is 10.6 Å². The summed E-state index contributed by atoms with van der Waals surface area (Å²) in [4.78, 5) is 11.8. The van der Waals surface area contributed by atoms with Crippen LogP contribution in [0.5, 0.6) is 0 Å². The molecule has 0 aromatic heterocycles. The van der Waals surface area contributed by atoms with Crippen LogP contribution in [0.25, 0.3) is 10.8 Å². The van der Waals surface area contributed by atoms with Crippen molar-refractivity contribution in [1.82, 2.24) is 5.32 Å². The molecule has 0 saturated heterocycles. The van der Waals surface area contributed by atoms with E-state index in [1.807, 2.05) is 36.4 Å². The van der Waals surface area contributed by atoms with E-state index >= 15 is 0 Å². The number of benzene rings is 2. The first-order valence-electron chi connectivity index (χ1n) is 7.76. The van der Waals surface area contributed by atoms with E-state index in [4.69, 9.17) is 4.74 Å². The summed E-state index contributed by atoms with van der Waals surface area (Å²) in [5.74, 6) is 0.546. The number of ether oxygens (including phenoxy) is 1. The first-order valence-corrected chi connectivity index (χ1v) is 7.76. The molecule has 2 aromatic carbocycles. The first-order chi connectivity index (χ1) is 10.6. The van der Waals surface area contributed by atoms with Crippen LogP contribution in [0.15, 0.2) is 42.5 Å². The number of fused-ring (bicyclic) bond motifs is 1. The Balaban J connectivity index is 1.72. The second-order valence-electron chi connectivity index (χ2n) is 5.77. The topological polar surface area (TPSA) is 50.4 Å². The molecule has 0 aliphatic heterocycles. The van der Waals surface area contributed by atoms with E-state index in [2.05, 4.69) is 30.5 Å². The maximum absolute atomic E-state index is 11.8. The van der Waals surface area contributed by atoms with Gasteiger partial charge in [0.25, 0.3) is 0 Å². The van der Waals surface area contributed by atoms with E-state index in [1.165, 1.54) is 0 Å². The van der Waals surface area contributed by atoms with Crippen molar-refractivity contribution in [2.75, 3.05) is 25.1 Å². The van der Waals surface area contributed by atoms with E-state index in [-0.39, 0.29) is 6.03 Å². The number of hydrogen-bond donors (Lipinski definition) is 2. The fraction of sp³-hybridized carbons (Fsp3) is 0.389. The molecule has 2 aromatic rings. The van der Waals surface area contributed by atoms with Gasteiger partial charge < -0.3 is 15.4 Å². The van der Waals surface area contributed by atoms with Crippen LogP contribution in [-0.4, -0.2) is 25.8 Å². The second-order valence-corrected chi connectivity index (χ2v) is 5.77. The quantitative estimate of drug-likeness (QED) is 0.759. The van der Waals surface area contributed by atoms with E-state index < -0.39 is 0 Å². The zero-order valence-electron chi connectivity index (χ0n) is 13.3. The van der Waals surface area contributed by atoms with Crippen molar-refractivity contribution in [2.45, 2.75) is 20.3 Å². The summed E-state index contributed by atoms with van der Waals surface area (Å²) in [6.45, 7) is 6.29. The van der Waals surface area contributed by atoms with Gasteiger partial charge in [-0.2, -0.15) is 0 Å². The minimum atomic E-state index is -0.181. The van der Waals surface area contributed by atoms with Crippen molar-refractivity contribution < 1.29 is 9.53 Å². The van der Waals surface area contributed by atoms with Crippen LogP contribution in [0, 0.1) is 5.92 Å². The van der Waals surface area contributed by atoms with Crippen molar-refractivity contribution in [3.63, 3.8) is 0 Å². The minimum absolute atomic E-state index is 0.181. The van der Waals surface area contributed by atoms with Gasteiger partial charge in [0, 0.05) is 25.4 Å². The summed E-state index contributed by atoms with van der Waals surface area (Å²) < 4.78 is 5.47. The molecule has 0 aliphatic rings. The number of hydrogen-bond acceptors (Lipinski definition) is 2. The van der Waals surface area contributed by atoms with Gasteiger partial charge in [0.1, 0.15) is 0 Å². The number of carbonyl (C=O) groups is 1. The lowest BCUT2D eigenvalue weighted by Crippen LogP contribution is -2.30. The Labute approximate surface area is 131 Å². The van der Waals surface area contributed by atoms with E-state index in [0.717, 1.165) is 29.5 Å². The molecular weight excluding hydrogens is 276 g/mol. The molecule has 0 saturated carbocycles. The van der Waals surface area contributed by atoms with Crippen molar-refractivity contribution in [3.8, 4) is 0 Å². The molecule has 118 valence electrons. The lowest BCUT2D eigenvalue weighted by Gasteiger charge is -2.09. The summed E-state index contributed by atoms with van der Waals surface area (Å²) in [5.41, 5.74) is 0.798. The highest BCUT2D eigenvalue weighted by Crippen LogP contribution is 2.18. The predicted molar refractivity (Wildman–Crippen MR) is 91.2 cm³/mol. The maximum atomic E-state index is 11.8. The SMILES string of the molecule is CC(C)COCCCNC(=O)Nc1ccc2ccccc2c1. The molecule has 0 atom stereocenters. The Kier molecular flexibility index (Phi) is 6.22. The third-order valence-corrected chi connectivity index (χ3v) is 3.21. The van der Waals surface area contributed by atoms with Gasteiger partial charge in [0.05, 0.1) is 0 Å². The molecule has 2 amide bonds. The number of urea groups is 1. The summed E-state index contributed by atoms with van der Waals surface area (Å²) in [7, 11) is 0. The van der Waals surface area contributed by atoms with Crippen molar-refractivity contribution in [1.29, 1.82) is 0 Å². The van der Waals surface area contributed by atoms with Crippen LogP contribution in [0.3, 0.4) is 0 Å². The van der Waals surface area contributed by atoms with Crippen LogP contribution in [0.2, 0.25) is 0 Å². The van der Waals surface area contributed by atoms with Crippen LogP contribution in [0.1, 0.15) is 20.3 Å². The molecule has 4 nitrogen and oxygen atoms in total. The summed E-state index contributed by atoms with van der Waals surface area (Å²) in [5, 5.41) is 7.97. The number of carbonyl (C=O) groups excluding carboxylic acids is 1. The van der Waals surface area contributed by atoms with Gasteiger partial charge in [0.2, 0.25) is 0 Å². The first kappa shape index (κ1) is 16.3. The van der Waals surface area contributed by atoms with Gasteiger partial charge in [-0.3, -0.25) is 0 Å². The smallest absolute Gasteiger partial charge is 0.319 e. The Morgan fingerprint density at radius 3 is 2.68 bits per heavy atom. The van der Waals surface area contributed by atoms with Crippen LogP contribution in [0.4, 0.5) is 10.5 Å². The Morgan fingerprint density at radius 2 is 1.91 bits per heavy atom. The zero-order valence-corrected chi connectivity index (χ0v) is 13.3. The van der Waals surface area contributed by atoms with Crippen LogP contribution >= 0.6 is 0 Å². The summed E-state index contributed by atoms with van der Waals surface area (Å²) in [6, 6.07) is 13.8. The molecule has 4 heteroatoms. The summed E-state index contributed by atoms with van der Waals surface area (Å²) in [6.07, 6.45) is 0.817. The third kappa shape index (κ3) is 5.37. The molecule has 22 heavy (non-hydrogen) atoms.